The Bertz CT molecular complexity index is 1310. The Morgan fingerprint density at radius 3 is 2.36 bits per heavy atom. The molecule has 0 radical (unpaired) electrons. The largest absolute Gasteiger partial charge is 0.392 e. The lowest BCUT2D eigenvalue weighted by Crippen LogP contribution is -2.38. The molecule has 3 aromatic carbocycles. The predicted octanol–water partition coefficient (Wildman–Crippen LogP) is 5.42. The molecule has 6 heteroatoms. The summed E-state index contributed by atoms with van der Waals surface area (Å²) < 4.78 is 13.1. The van der Waals surface area contributed by atoms with Gasteiger partial charge in [0.1, 0.15) is 0 Å². The van der Waals surface area contributed by atoms with Gasteiger partial charge in [0.25, 0.3) is 0 Å². The molecule has 0 aliphatic carbocycles. The molecule has 202 valence electrons. The normalized spacial score (nSPS) is 19.3. The molecule has 0 amide bonds. The minimum Gasteiger partial charge on any atom is -0.392 e. The van der Waals surface area contributed by atoms with Gasteiger partial charge >= 0.3 is 0 Å². The first-order chi connectivity index (χ1) is 19.1. The van der Waals surface area contributed by atoms with Crippen LogP contribution in [0.15, 0.2) is 97.2 Å². The molecule has 1 aromatic heterocycles. The summed E-state index contributed by atoms with van der Waals surface area (Å²) in [4.78, 5) is 6.76. The zero-order valence-corrected chi connectivity index (χ0v) is 22.4. The highest BCUT2D eigenvalue weighted by molar-refractivity contribution is 5.67. The van der Waals surface area contributed by atoms with Crippen LogP contribution in [0.1, 0.15) is 46.8 Å². The average Bonchev–Trinajstić information content (AvgIpc) is 3.00. The summed E-state index contributed by atoms with van der Waals surface area (Å²) in [5.41, 5.74) is 13.4. The van der Waals surface area contributed by atoms with Crippen LogP contribution in [0.4, 0.5) is 0 Å². The molecular weight excluding hydrogens is 486 g/mol. The number of nitrogens with two attached hydrogens (primary N) is 1. The number of pyridine rings is 1. The number of benzene rings is 3. The van der Waals surface area contributed by atoms with Crippen LogP contribution in [-0.2, 0) is 29.0 Å². The summed E-state index contributed by atoms with van der Waals surface area (Å²) in [6.45, 7) is 2.22. The zero-order chi connectivity index (χ0) is 27.0. The van der Waals surface area contributed by atoms with E-state index < -0.39 is 6.29 Å². The number of nitrogens with zero attached hydrogens (tertiary/aromatic N) is 2. The molecule has 0 bridgehead atoms. The summed E-state index contributed by atoms with van der Waals surface area (Å²) in [7, 11) is 2.13. The summed E-state index contributed by atoms with van der Waals surface area (Å²) in [5, 5.41) is 9.47. The lowest BCUT2D eigenvalue weighted by molar-refractivity contribution is -0.252. The van der Waals surface area contributed by atoms with Gasteiger partial charge in [-0.2, -0.15) is 0 Å². The van der Waals surface area contributed by atoms with Crippen molar-refractivity contribution in [1.29, 1.82) is 0 Å². The monoisotopic (exact) mass is 523 g/mol. The molecule has 3 N–H and O–H groups in total. The van der Waals surface area contributed by atoms with Crippen molar-refractivity contribution in [3.05, 3.63) is 125 Å². The van der Waals surface area contributed by atoms with E-state index in [1.54, 1.807) is 0 Å². The zero-order valence-electron chi connectivity index (χ0n) is 22.4. The van der Waals surface area contributed by atoms with Gasteiger partial charge in [-0.25, -0.2) is 0 Å². The van der Waals surface area contributed by atoms with Gasteiger partial charge in [-0.15, -0.1) is 0 Å². The Morgan fingerprint density at radius 1 is 0.897 bits per heavy atom. The molecule has 3 atom stereocenters. The van der Waals surface area contributed by atoms with Crippen LogP contribution < -0.4 is 5.73 Å². The average molecular weight is 524 g/mol. The molecule has 6 nitrogen and oxygen atoms in total. The van der Waals surface area contributed by atoms with Crippen molar-refractivity contribution in [2.75, 3.05) is 20.1 Å². The Balaban J connectivity index is 1.33. The van der Waals surface area contributed by atoms with Crippen LogP contribution in [0.25, 0.3) is 11.1 Å². The lowest BCUT2D eigenvalue weighted by atomic mass is 9.97. The Hall–Kier alpha value is -3.39. The number of hydrogen-bond donors (Lipinski definition) is 2. The van der Waals surface area contributed by atoms with E-state index in [4.69, 9.17) is 15.2 Å². The topological polar surface area (TPSA) is 80.8 Å². The van der Waals surface area contributed by atoms with Crippen molar-refractivity contribution in [2.45, 2.75) is 44.5 Å². The summed E-state index contributed by atoms with van der Waals surface area (Å²) in [6.07, 6.45) is 2.90. The van der Waals surface area contributed by atoms with Crippen molar-refractivity contribution in [3.8, 4) is 11.1 Å². The minimum atomic E-state index is -0.478. The second-order valence-electron chi connectivity index (χ2n) is 10.2. The third-order valence-electron chi connectivity index (χ3n) is 7.34. The number of hydrogen-bond acceptors (Lipinski definition) is 6. The smallest absolute Gasteiger partial charge is 0.184 e. The highest BCUT2D eigenvalue weighted by Gasteiger charge is 2.32. The van der Waals surface area contributed by atoms with Crippen molar-refractivity contribution in [1.82, 2.24) is 9.88 Å². The van der Waals surface area contributed by atoms with Crippen molar-refractivity contribution >= 4 is 0 Å². The second-order valence-corrected chi connectivity index (χ2v) is 10.2. The Kier molecular flexibility index (Phi) is 9.14. The van der Waals surface area contributed by atoms with Crippen LogP contribution in [0.5, 0.6) is 0 Å². The Labute approximate surface area is 231 Å². The SMILES string of the molecule is CN(CCc1ccccn1)C[C@H]1C[C@@H](c2ccc(CO)cc2)O[C@@H](c2ccc(-c3ccccc3CN)cc2)O1. The predicted molar refractivity (Wildman–Crippen MR) is 154 cm³/mol. The molecule has 1 fully saturated rings. The van der Waals surface area contributed by atoms with Gasteiger partial charge in [-0.05, 0) is 47.0 Å². The molecule has 1 saturated heterocycles. The van der Waals surface area contributed by atoms with Crippen LogP contribution >= 0.6 is 0 Å². The van der Waals surface area contributed by atoms with Gasteiger partial charge < -0.3 is 25.2 Å². The molecule has 1 aliphatic rings. The highest BCUT2D eigenvalue weighted by atomic mass is 16.7. The van der Waals surface area contributed by atoms with E-state index >= 15 is 0 Å². The molecule has 2 heterocycles. The fourth-order valence-electron chi connectivity index (χ4n) is 5.12. The van der Waals surface area contributed by atoms with Gasteiger partial charge in [0.15, 0.2) is 6.29 Å². The fraction of sp³-hybridized carbons (Fsp3) is 0.303. The van der Waals surface area contributed by atoms with Gasteiger partial charge in [0, 0.05) is 49.9 Å². The maximum absolute atomic E-state index is 9.47. The standard InChI is InChI=1S/C33H37N3O3/c1-36(19-17-29-7-4-5-18-35-29)22-30-20-32(26-11-9-24(23-37)10-12-26)39-33(38-30)27-15-13-25(14-16-27)31-8-3-2-6-28(31)21-34/h2-16,18,30,32-33,37H,17,19-23,34H2,1H3/t30-,32+,33+/m1/s1. The summed E-state index contributed by atoms with van der Waals surface area (Å²) in [6, 6.07) is 30.7. The number of likely N-dealkylation sites (N-methyl/N-ethyl adjacent to an activating group) is 1. The third kappa shape index (κ3) is 6.98. The molecule has 39 heavy (non-hydrogen) atoms. The van der Waals surface area contributed by atoms with Crippen LogP contribution in [0.3, 0.4) is 0 Å². The van der Waals surface area contributed by atoms with E-state index in [1.807, 2.05) is 54.7 Å². The molecule has 5 rings (SSSR count). The van der Waals surface area contributed by atoms with E-state index in [1.165, 1.54) is 0 Å². The molecule has 4 aromatic rings. The molecule has 0 saturated carbocycles. The number of rotatable bonds is 10. The Morgan fingerprint density at radius 2 is 1.64 bits per heavy atom. The number of aliphatic hydroxyl groups excluding tert-OH is 1. The molecule has 1 aliphatic heterocycles. The van der Waals surface area contributed by atoms with E-state index in [9.17, 15) is 5.11 Å². The summed E-state index contributed by atoms with van der Waals surface area (Å²) in [5.74, 6) is 0. The number of aliphatic hydroxyl groups is 1. The first-order valence-electron chi connectivity index (χ1n) is 13.6. The highest BCUT2D eigenvalue weighted by Crippen LogP contribution is 2.38. The quantitative estimate of drug-likeness (QED) is 0.289. The first kappa shape index (κ1) is 27.2. The summed E-state index contributed by atoms with van der Waals surface area (Å²) >= 11 is 0. The van der Waals surface area contributed by atoms with Crippen molar-refractivity contribution in [2.24, 2.45) is 5.73 Å². The van der Waals surface area contributed by atoms with Gasteiger partial charge in [-0.3, -0.25) is 4.98 Å². The third-order valence-corrected chi connectivity index (χ3v) is 7.34. The van der Waals surface area contributed by atoms with Gasteiger partial charge in [0.2, 0.25) is 0 Å². The second kappa shape index (κ2) is 13.1. The number of aromatic nitrogens is 1. The molecule has 0 unspecified atom stereocenters. The van der Waals surface area contributed by atoms with Gasteiger partial charge in [0.05, 0.1) is 18.8 Å². The maximum Gasteiger partial charge on any atom is 0.184 e. The van der Waals surface area contributed by atoms with E-state index in [0.717, 1.165) is 65.0 Å². The molecular formula is C33H37N3O3. The van der Waals surface area contributed by atoms with Gasteiger partial charge in [-0.1, -0.05) is 78.9 Å². The van der Waals surface area contributed by atoms with Crippen LogP contribution in [0, 0.1) is 0 Å². The van der Waals surface area contributed by atoms with E-state index in [2.05, 4.69) is 59.4 Å². The van der Waals surface area contributed by atoms with Crippen LogP contribution in [0.2, 0.25) is 0 Å². The fourth-order valence-corrected chi connectivity index (χ4v) is 5.12. The lowest BCUT2D eigenvalue weighted by Gasteiger charge is -2.38. The first-order valence-corrected chi connectivity index (χ1v) is 13.6. The maximum atomic E-state index is 9.47. The van der Waals surface area contributed by atoms with Crippen LogP contribution in [-0.4, -0.2) is 41.2 Å². The van der Waals surface area contributed by atoms with E-state index in [0.29, 0.717) is 6.54 Å². The van der Waals surface area contributed by atoms with E-state index in [-0.39, 0.29) is 18.8 Å². The minimum absolute atomic E-state index is 0.00218. The van der Waals surface area contributed by atoms with Crippen molar-refractivity contribution in [3.63, 3.8) is 0 Å². The van der Waals surface area contributed by atoms with Crippen molar-refractivity contribution < 1.29 is 14.6 Å². The number of ether oxygens (including phenoxy) is 2. The molecule has 0 spiro atoms.